The highest BCUT2D eigenvalue weighted by Gasteiger charge is 2.22. The van der Waals surface area contributed by atoms with Crippen molar-refractivity contribution >= 4 is 11.3 Å². The Balaban J connectivity index is 2.32. The number of nitrogens with two attached hydrogens (primary N) is 1. The van der Waals surface area contributed by atoms with Crippen molar-refractivity contribution in [3.05, 3.63) is 51.2 Å². The molecule has 0 saturated heterocycles. The van der Waals surface area contributed by atoms with Gasteiger partial charge in [0, 0.05) is 10.9 Å². The first-order valence-electron chi connectivity index (χ1n) is 6.53. The fourth-order valence-corrected chi connectivity index (χ4v) is 3.13. The average molecular weight is 275 g/mol. The number of hydrogen-bond donors (Lipinski definition) is 1. The third-order valence-electron chi connectivity index (χ3n) is 3.45. The smallest absolute Gasteiger partial charge is 0.148 e. The molecule has 1 aromatic carbocycles. The van der Waals surface area contributed by atoms with E-state index in [4.69, 9.17) is 10.5 Å². The minimum Gasteiger partial charge on any atom is -0.483 e. The molecule has 0 aliphatic rings. The van der Waals surface area contributed by atoms with Gasteiger partial charge in [0.25, 0.3) is 0 Å². The Bertz CT molecular complexity index is 560. The molecule has 0 aliphatic heterocycles. The van der Waals surface area contributed by atoms with Gasteiger partial charge in [-0.25, -0.2) is 0 Å². The highest BCUT2D eigenvalue weighted by atomic mass is 32.1. The molecule has 2 aromatic rings. The summed E-state index contributed by atoms with van der Waals surface area (Å²) in [5.41, 5.74) is 9.78. The van der Waals surface area contributed by atoms with Gasteiger partial charge in [-0.05, 0) is 61.9 Å². The van der Waals surface area contributed by atoms with Crippen LogP contribution in [0.1, 0.15) is 34.6 Å². The monoisotopic (exact) mass is 275 g/mol. The van der Waals surface area contributed by atoms with Gasteiger partial charge in [-0.2, -0.15) is 0 Å². The van der Waals surface area contributed by atoms with Crippen molar-refractivity contribution in [1.29, 1.82) is 0 Å². The van der Waals surface area contributed by atoms with Crippen LogP contribution in [0.3, 0.4) is 0 Å². The number of hydrogen-bond acceptors (Lipinski definition) is 3. The molecular formula is C16H21NOS. The quantitative estimate of drug-likeness (QED) is 0.910. The second-order valence-electron chi connectivity index (χ2n) is 5.06. The number of ether oxygens (including phenoxy) is 1. The standard InChI is InChI=1S/C16H21NOS/c1-10-6-5-7-14(12(10)3)18-15(13(4)17)16-11(2)8-9-19-16/h5-9,13,15H,17H2,1-4H3. The molecule has 2 unspecified atom stereocenters. The SMILES string of the molecule is Cc1ccsc1C(Oc1cccc(C)c1C)C(C)N. The third-order valence-corrected chi connectivity index (χ3v) is 4.53. The second-order valence-corrected chi connectivity index (χ2v) is 6.01. The molecule has 2 N–H and O–H groups in total. The highest BCUT2D eigenvalue weighted by Crippen LogP contribution is 2.32. The molecule has 1 aromatic heterocycles. The number of aryl methyl sites for hydroxylation is 2. The van der Waals surface area contributed by atoms with E-state index in [1.807, 2.05) is 19.1 Å². The summed E-state index contributed by atoms with van der Waals surface area (Å²) < 4.78 is 6.20. The van der Waals surface area contributed by atoms with E-state index in [9.17, 15) is 0 Å². The summed E-state index contributed by atoms with van der Waals surface area (Å²) in [6.45, 7) is 8.28. The maximum atomic E-state index is 6.20. The molecule has 19 heavy (non-hydrogen) atoms. The molecule has 2 atom stereocenters. The van der Waals surface area contributed by atoms with Gasteiger partial charge in [0.2, 0.25) is 0 Å². The van der Waals surface area contributed by atoms with Crippen LogP contribution in [-0.4, -0.2) is 6.04 Å². The Hall–Kier alpha value is -1.32. The van der Waals surface area contributed by atoms with Crippen LogP contribution < -0.4 is 10.5 Å². The number of thiophene rings is 1. The Morgan fingerprint density at radius 2 is 1.84 bits per heavy atom. The molecule has 0 radical (unpaired) electrons. The molecule has 0 spiro atoms. The lowest BCUT2D eigenvalue weighted by Crippen LogP contribution is -2.29. The van der Waals surface area contributed by atoms with E-state index in [1.54, 1.807) is 11.3 Å². The predicted octanol–water partition coefficient (Wildman–Crippen LogP) is 4.14. The minimum atomic E-state index is -0.0829. The van der Waals surface area contributed by atoms with E-state index in [0.717, 1.165) is 5.75 Å². The van der Waals surface area contributed by atoms with Crippen LogP contribution in [0.4, 0.5) is 0 Å². The van der Waals surface area contributed by atoms with Crippen LogP contribution in [0.5, 0.6) is 5.75 Å². The lowest BCUT2D eigenvalue weighted by Gasteiger charge is -2.24. The molecule has 0 aliphatic carbocycles. The molecule has 2 nitrogen and oxygen atoms in total. The predicted molar refractivity (Wildman–Crippen MR) is 82.0 cm³/mol. The van der Waals surface area contributed by atoms with E-state index in [1.165, 1.54) is 21.6 Å². The lowest BCUT2D eigenvalue weighted by molar-refractivity contribution is 0.182. The summed E-state index contributed by atoms with van der Waals surface area (Å²) in [5.74, 6) is 0.926. The Morgan fingerprint density at radius 1 is 1.11 bits per heavy atom. The zero-order chi connectivity index (χ0) is 14.0. The molecular weight excluding hydrogens is 254 g/mol. The minimum absolute atomic E-state index is 0.0442. The Morgan fingerprint density at radius 3 is 2.42 bits per heavy atom. The van der Waals surface area contributed by atoms with Gasteiger partial charge in [0.15, 0.2) is 0 Å². The number of rotatable bonds is 4. The van der Waals surface area contributed by atoms with Gasteiger partial charge >= 0.3 is 0 Å². The molecule has 102 valence electrons. The van der Waals surface area contributed by atoms with E-state index < -0.39 is 0 Å². The first-order chi connectivity index (χ1) is 9.00. The molecule has 2 rings (SSSR count). The normalized spacial score (nSPS) is 14.2. The summed E-state index contributed by atoms with van der Waals surface area (Å²) in [6.07, 6.45) is -0.0829. The van der Waals surface area contributed by atoms with Crippen molar-refractivity contribution in [2.45, 2.75) is 39.8 Å². The molecule has 0 bridgehead atoms. The first kappa shape index (κ1) is 14.1. The van der Waals surface area contributed by atoms with E-state index in [2.05, 4.69) is 38.3 Å². The zero-order valence-electron chi connectivity index (χ0n) is 11.9. The van der Waals surface area contributed by atoms with E-state index in [-0.39, 0.29) is 12.1 Å². The Kier molecular flexibility index (Phi) is 4.27. The third kappa shape index (κ3) is 2.99. The van der Waals surface area contributed by atoms with Crippen LogP contribution in [0.25, 0.3) is 0 Å². The second kappa shape index (κ2) is 5.76. The van der Waals surface area contributed by atoms with Gasteiger partial charge in [-0.15, -0.1) is 11.3 Å². The van der Waals surface area contributed by atoms with Gasteiger partial charge in [-0.3, -0.25) is 0 Å². The van der Waals surface area contributed by atoms with E-state index in [0.29, 0.717) is 0 Å². The summed E-state index contributed by atoms with van der Waals surface area (Å²) in [6, 6.07) is 8.20. The molecule has 0 amide bonds. The number of benzene rings is 1. The van der Waals surface area contributed by atoms with Crippen LogP contribution in [0.2, 0.25) is 0 Å². The average Bonchev–Trinajstić information content (AvgIpc) is 2.77. The van der Waals surface area contributed by atoms with Crippen molar-refractivity contribution in [2.24, 2.45) is 5.73 Å². The van der Waals surface area contributed by atoms with Crippen molar-refractivity contribution in [2.75, 3.05) is 0 Å². The topological polar surface area (TPSA) is 35.2 Å². The first-order valence-corrected chi connectivity index (χ1v) is 7.41. The van der Waals surface area contributed by atoms with Crippen LogP contribution in [0, 0.1) is 20.8 Å². The molecule has 1 heterocycles. The van der Waals surface area contributed by atoms with Crippen molar-refractivity contribution in [3.8, 4) is 5.75 Å². The van der Waals surface area contributed by atoms with Crippen molar-refractivity contribution in [3.63, 3.8) is 0 Å². The summed E-state index contributed by atoms with van der Waals surface area (Å²) in [4.78, 5) is 1.22. The largest absolute Gasteiger partial charge is 0.483 e. The van der Waals surface area contributed by atoms with Crippen molar-refractivity contribution in [1.82, 2.24) is 0 Å². The van der Waals surface area contributed by atoms with Crippen LogP contribution in [-0.2, 0) is 0 Å². The zero-order valence-corrected chi connectivity index (χ0v) is 12.8. The lowest BCUT2D eigenvalue weighted by atomic mass is 10.1. The van der Waals surface area contributed by atoms with Crippen molar-refractivity contribution < 1.29 is 4.74 Å². The maximum Gasteiger partial charge on any atom is 0.148 e. The summed E-state index contributed by atoms with van der Waals surface area (Å²) in [5, 5.41) is 2.09. The summed E-state index contributed by atoms with van der Waals surface area (Å²) in [7, 11) is 0. The molecule has 0 saturated carbocycles. The Labute approximate surface area is 119 Å². The van der Waals surface area contributed by atoms with Gasteiger partial charge in [0.05, 0.1) is 0 Å². The fraction of sp³-hybridized carbons (Fsp3) is 0.375. The maximum absolute atomic E-state index is 6.20. The van der Waals surface area contributed by atoms with Gasteiger partial charge in [0.1, 0.15) is 11.9 Å². The molecule has 0 fully saturated rings. The van der Waals surface area contributed by atoms with E-state index >= 15 is 0 Å². The van der Waals surface area contributed by atoms with Gasteiger partial charge < -0.3 is 10.5 Å². The summed E-state index contributed by atoms with van der Waals surface area (Å²) >= 11 is 1.71. The fourth-order valence-electron chi connectivity index (χ4n) is 2.06. The van der Waals surface area contributed by atoms with Gasteiger partial charge in [-0.1, -0.05) is 12.1 Å². The molecule has 3 heteroatoms. The van der Waals surface area contributed by atoms with Crippen LogP contribution >= 0.6 is 11.3 Å². The van der Waals surface area contributed by atoms with Crippen LogP contribution in [0.15, 0.2) is 29.6 Å². The highest BCUT2D eigenvalue weighted by molar-refractivity contribution is 7.10.